The van der Waals surface area contributed by atoms with Gasteiger partial charge in [-0.3, -0.25) is 9.78 Å². The van der Waals surface area contributed by atoms with Gasteiger partial charge in [-0.15, -0.1) is 0 Å². The van der Waals surface area contributed by atoms with Gasteiger partial charge in [-0.25, -0.2) is 0 Å². The van der Waals surface area contributed by atoms with E-state index in [0.29, 0.717) is 5.02 Å². The molecule has 0 saturated heterocycles. The van der Waals surface area contributed by atoms with Gasteiger partial charge < -0.3 is 10.1 Å². The lowest BCUT2D eigenvalue weighted by molar-refractivity contribution is -0.137. The summed E-state index contributed by atoms with van der Waals surface area (Å²) in [7, 11) is 0. The molecule has 0 fully saturated rings. The monoisotopic (exact) mass is 392 g/mol. The van der Waals surface area contributed by atoms with Gasteiger partial charge in [-0.05, 0) is 42.5 Å². The molecule has 27 heavy (non-hydrogen) atoms. The predicted molar refractivity (Wildman–Crippen MR) is 95.2 cm³/mol. The van der Waals surface area contributed by atoms with Gasteiger partial charge in [0, 0.05) is 28.5 Å². The topological polar surface area (TPSA) is 51.2 Å². The molecule has 4 nitrogen and oxygen atoms in total. The highest BCUT2D eigenvalue weighted by atomic mass is 35.5. The van der Waals surface area contributed by atoms with Crippen LogP contribution in [0.2, 0.25) is 5.02 Å². The Bertz CT molecular complexity index is 963. The molecule has 138 valence electrons. The van der Waals surface area contributed by atoms with E-state index in [1.54, 1.807) is 24.3 Å². The van der Waals surface area contributed by atoms with Crippen molar-refractivity contribution in [1.82, 2.24) is 4.98 Å². The number of alkyl halides is 3. The number of amides is 1. The predicted octanol–water partition coefficient (Wildman–Crippen LogP) is 5.80. The molecule has 1 amide bonds. The first kappa shape index (κ1) is 18.7. The van der Waals surface area contributed by atoms with Crippen molar-refractivity contribution in [3.8, 4) is 11.5 Å². The molecule has 0 aliphatic heterocycles. The smallest absolute Gasteiger partial charge is 0.416 e. The molecular weight excluding hydrogens is 381 g/mol. The van der Waals surface area contributed by atoms with Crippen LogP contribution in [0.25, 0.3) is 0 Å². The zero-order valence-electron chi connectivity index (χ0n) is 13.6. The number of pyridine rings is 1. The molecule has 0 spiro atoms. The van der Waals surface area contributed by atoms with E-state index in [1.807, 2.05) is 0 Å². The van der Waals surface area contributed by atoms with Crippen LogP contribution in [0.4, 0.5) is 18.9 Å². The molecule has 0 radical (unpaired) electrons. The summed E-state index contributed by atoms with van der Waals surface area (Å²) in [5.74, 6) is -0.410. The van der Waals surface area contributed by atoms with E-state index >= 15 is 0 Å². The van der Waals surface area contributed by atoms with Crippen molar-refractivity contribution < 1.29 is 22.7 Å². The van der Waals surface area contributed by atoms with E-state index in [9.17, 15) is 18.0 Å². The second kappa shape index (κ2) is 7.67. The number of halogens is 4. The number of hydrogen-bond acceptors (Lipinski definition) is 3. The molecular formula is C19H12ClF3N2O2. The van der Waals surface area contributed by atoms with E-state index in [1.165, 1.54) is 30.6 Å². The maximum Gasteiger partial charge on any atom is 0.416 e. The number of hydrogen-bond donors (Lipinski definition) is 1. The molecule has 3 rings (SSSR count). The number of benzene rings is 2. The highest BCUT2D eigenvalue weighted by Crippen LogP contribution is 2.35. The molecule has 0 atom stereocenters. The van der Waals surface area contributed by atoms with Crippen LogP contribution in [0.5, 0.6) is 11.5 Å². The van der Waals surface area contributed by atoms with Gasteiger partial charge in [0.25, 0.3) is 5.91 Å². The quantitative estimate of drug-likeness (QED) is 0.610. The van der Waals surface area contributed by atoms with Gasteiger partial charge in [-0.2, -0.15) is 13.2 Å². The van der Waals surface area contributed by atoms with Crippen LogP contribution >= 0.6 is 11.6 Å². The Kier molecular flexibility index (Phi) is 5.32. The molecule has 0 aliphatic carbocycles. The summed E-state index contributed by atoms with van der Waals surface area (Å²) in [6.45, 7) is 0. The first-order valence-corrected chi connectivity index (χ1v) is 8.06. The molecule has 0 aliphatic rings. The molecule has 1 heterocycles. The Morgan fingerprint density at radius 3 is 2.52 bits per heavy atom. The lowest BCUT2D eigenvalue weighted by Gasteiger charge is -2.14. The van der Waals surface area contributed by atoms with Gasteiger partial charge >= 0.3 is 6.18 Å². The first-order chi connectivity index (χ1) is 12.8. The van der Waals surface area contributed by atoms with E-state index in [4.69, 9.17) is 16.3 Å². The van der Waals surface area contributed by atoms with Crippen LogP contribution in [-0.4, -0.2) is 10.9 Å². The Hall–Kier alpha value is -3.06. The largest absolute Gasteiger partial charge is 0.456 e. The van der Waals surface area contributed by atoms with Crippen molar-refractivity contribution in [3.63, 3.8) is 0 Å². The average Bonchev–Trinajstić information content (AvgIpc) is 2.61. The van der Waals surface area contributed by atoms with Crippen LogP contribution in [0.3, 0.4) is 0 Å². The van der Waals surface area contributed by atoms with Gasteiger partial charge in [0.15, 0.2) is 0 Å². The summed E-state index contributed by atoms with van der Waals surface area (Å²) in [6, 6.07) is 12.2. The summed E-state index contributed by atoms with van der Waals surface area (Å²) in [5, 5.41) is 2.77. The summed E-state index contributed by atoms with van der Waals surface area (Å²) in [5.41, 5.74) is -0.798. The lowest BCUT2D eigenvalue weighted by Crippen LogP contribution is -2.13. The number of carbonyl (C=O) groups is 1. The molecule has 0 saturated carbocycles. The second-order valence-corrected chi connectivity index (χ2v) is 5.94. The number of anilines is 1. The zero-order valence-corrected chi connectivity index (χ0v) is 14.4. The molecule has 2 aromatic carbocycles. The van der Waals surface area contributed by atoms with Gasteiger partial charge in [0.1, 0.15) is 11.5 Å². The maximum atomic E-state index is 13.2. The van der Waals surface area contributed by atoms with Crippen molar-refractivity contribution in [2.24, 2.45) is 0 Å². The number of nitrogens with zero attached hydrogens (tertiary/aromatic N) is 1. The van der Waals surface area contributed by atoms with Crippen molar-refractivity contribution in [1.29, 1.82) is 0 Å². The fourth-order valence-corrected chi connectivity index (χ4v) is 2.46. The highest BCUT2D eigenvalue weighted by molar-refractivity contribution is 6.31. The Labute approximate surface area is 157 Å². The summed E-state index contributed by atoms with van der Waals surface area (Å²) in [4.78, 5) is 16.1. The molecule has 1 N–H and O–H groups in total. The lowest BCUT2D eigenvalue weighted by atomic mass is 10.1. The van der Waals surface area contributed by atoms with Crippen molar-refractivity contribution in [2.75, 3.05) is 5.32 Å². The van der Waals surface area contributed by atoms with Crippen LogP contribution in [0, 0.1) is 0 Å². The highest BCUT2D eigenvalue weighted by Gasteiger charge is 2.31. The number of ether oxygens (including phenoxy) is 1. The SMILES string of the molecule is O=C(Nc1cc(Oc2cccnc2)cc(C(F)(F)F)c1)c1cccc(Cl)c1. The third kappa shape index (κ3) is 4.98. The number of aromatic nitrogens is 1. The third-order valence-corrected chi connectivity index (χ3v) is 3.68. The average molecular weight is 393 g/mol. The number of rotatable bonds is 4. The number of nitrogens with one attached hydrogen (secondary N) is 1. The Morgan fingerprint density at radius 1 is 1.04 bits per heavy atom. The van der Waals surface area contributed by atoms with E-state index in [2.05, 4.69) is 10.3 Å². The van der Waals surface area contributed by atoms with Crippen molar-refractivity contribution >= 4 is 23.2 Å². The molecule has 1 aromatic heterocycles. The molecule has 0 bridgehead atoms. The standard InChI is InChI=1S/C19H12ClF3N2O2/c20-14-4-1-3-12(7-14)18(26)25-15-8-13(19(21,22)23)9-17(10-15)27-16-5-2-6-24-11-16/h1-11H,(H,25,26). The minimum atomic E-state index is -4.61. The van der Waals surface area contributed by atoms with Crippen LogP contribution in [0.15, 0.2) is 67.0 Å². The normalized spacial score (nSPS) is 11.1. The minimum absolute atomic E-state index is 0.0614. The van der Waals surface area contributed by atoms with Gasteiger partial charge in [-0.1, -0.05) is 17.7 Å². The summed E-state index contributed by atoms with van der Waals surface area (Å²) >= 11 is 5.84. The van der Waals surface area contributed by atoms with E-state index in [-0.39, 0.29) is 22.7 Å². The van der Waals surface area contributed by atoms with Crippen molar-refractivity contribution in [2.45, 2.75) is 6.18 Å². The maximum absolute atomic E-state index is 13.2. The summed E-state index contributed by atoms with van der Waals surface area (Å²) in [6.07, 6.45) is -1.73. The van der Waals surface area contributed by atoms with Crippen molar-refractivity contribution in [3.05, 3.63) is 83.1 Å². The Balaban J connectivity index is 1.91. The fraction of sp³-hybridized carbons (Fsp3) is 0.0526. The number of carbonyl (C=O) groups excluding carboxylic acids is 1. The van der Waals surface area contributed by atoms with Crippen LogP contribution in [-0.2, 0) is 6.18 Å². The van der Waals surface area contributed by atoms with Gasteiger partial charge in [0.05, 0.1) is 11.8 Å². The van der Waals surface area contributed by atoms with E-state index < -0.39 is 17.6 Å². The zero-order chi connectivity index (χ0) is 19.4. The molecule has 0 unspecified atom stereocenters. The van der Waals surface area contributed by atoms with Crippen LogP contribution < -0.4 is 10.1 Å². The molecule has 3 aromatic rings. The first-order valence-electron chi connectivity index (χ1n) is 7.68. The second-order valence-electron chi connectivity index (χ2n) is 5.50. The van der Waals surface area contributed by atoms with Gasteiger partial charge in [0.2, 0.25) is 0 Å². The molecule has 8 heteroatoms. The summed E-state index contributed by atoms with van der Waals surface area (Å²) < 4.78 is 45.0. The van der Waals surface area contributed by atoms with Crippen LogP contribution in [0.1, 0.15) is 15.9 Å². The minimum Gasteiger partial charge on any atom is -0.456 e. The third-order valence-electron chi connectivity index (χ3n) is 3.45. The Morgan fingerprint density at radius 2 is 1.85 bits per heavy atom. The van der Waals surface area contributed by atoms with E-state index in [0.717, 1.165) is 12.1 Å². The fourth-order valence-electron chi connectivity index (χ4n) is 2.27.